The Morgan fingerprint density at radius 1 is 1.36 bits per heavy atom. The van der Waals surface area contributed by atoms with Gasteiger partial charge in [0.2, 0.25) is 5.91 Å². The van der Waals surface area contributed by atoms with E-state index in [4.69, 9.17) is 5.11 Å². The highest BCUT2D eigenvalue weighted by Crippen LogP contribution is 2.36. The van der Waals surface area contributed by atoms with E-state index in [9.17, 15) is 14.4 Å². The summed E-state index contributed by atoms with van der Waals surface area (Å²) in [5.41, 5.74) is 0.979. The molecule has 25 heavy (non-hydrogen) atoms. The fourth-order valence-electron chi connectivity index (χ4n) is 2.48. The third kappa shape index (κ3) is 4.02. The first kappa shape index (κ1) is 17.5. The fraction of sp³-hybridized carbons (Fsp3) is 0.235. The number of anilines is 1. The normalized spacial score (nSPS) is 17.3. The van der Waals surface area contributed by atoms with Crippen LogP contribution in [0.1, 0.15) is 34.6 Å². The SMILES string of the molecule is C[C@@H]1Sc2ccc(C(=O)N[C@@H](CC(=O)O)c3cccs3)cc2NC1=O. The highest BCUT2D eigenvalue weighted by molar-refractivity contribution is 8.00. The summed E-state index contributed by atoms with van der Waals surface area (Å²) in [6, 6.07) is 8.11. The fourth-order valence-corrected chi connectivity index (χ4v) is 4.19. The molecule has 2 aromatic rings. The molecular formula is C17H16N2O4S2. The number of hydrogen-bond donors (Lipinski definition) is 3. The van der Waals surface area contributed by atoms with E-state index in [2.05, 4.69) is 10.6 Å². The third-order valence-corrected chi connectivity index (χ3v) is 5.91. The molecule has 3 N–H and O–H groups in total. The van der Waals surface area contributed by atoms with E-state index in [0.29, 0.717) is 11.3 Å². The number of nitrogens with one attached hydrogen (secondary N) is 2. The molecule has 2 atom stereocenters. The Labute approximate surface area is 152 Å². The van der Waals surface area contributed by atoms with Gasteiger partial charge in [0, 0.05) is 15.3 Å². The van der Waals surface area contributed by atoms with Crippen molar-refractivity contribution in [3.8, 4) is 0 Å². The van der Waals surface area contributed by atoms with Crippen molar-refractivity contribution in [1.29, 1.82) is 0 Å². The zero-order valence-electron chi connectivity index (χ0n) is 13.3. The van der Waals surface area contributed by atoms with Crippen LogP contribution in [0.15, 0.2) is 40.6 Å². The third-order valence-electron chi connectivity index (χ3n) is 3.74. The first-order chi connectivity index (χ1) is 11.9. The molecule has 0 spiro atoms. The van der Waals surface area contributed by atoms with Crippen molar-refractivity contribution < 1.29 is 19.5 Å². The molecule has 0 radical (unpaired) electrons. The Morgan fingerprint density at radius 2 is 2.16 bits per heavy atom. The molecule has 0 fully saturated rings. The van der Waals surface area contributed by atoms with Crippen LogP contribution in [0.3, 0.4) is 0 Å². The van der Waals surface area contributed by atoms with Crippen molar-refractivity contribution in [2.75, 3.05) is 5.32 Å². The highest BCUT2D eigenvalue weighted by atomic mass is 32.2. The van der Waals surface area contributed by atoms with Crippen molar-refractivity contribution in [2.24, 2.45) is 0 Å². The Morgan fingerprint density at radius 3 is 2.84 bits per heavy atom. The smallest absolute Gasteiger partial charge is 0.305 e. The van der Waals surface area contributed by atoms with E-state index in [1.165, 1.54) is 23.1 Å². The minimum absolute atomic E-state index is 0.0996. The van der Waals surface area contributed by atoms with Gasteiger partial charge in [-0.25, -0.2) is 0 Å². The maximum Gasteiger partial charge on any atom is 0.305 e. The van der Waals surface area contributed by atoms with Crippen LogP contribution in [-0.2, 0) is 9.59 Å². The maximum atomic E-state index is 12.5. The van der Waals surface area contributed by atoms with Crippen molar-refractivity contribution in [3.63, 3.8) is 0 Å². The molecular weight excluding hydrogens is 360 g/mol. The van der Waals surface area contributed by atoms with Gasteiger partial charge in [0.05, 0.1) is 23.4 Å². The van der Waals surface area contributed by atoms with Gasteiger partial charge >= 0.3 is 5.97 Å². The van der Waals surface area contributed by atoms with Gasteiger partial charge in [-0.3, -0.25) is 14.4 Å². The second-order valence-electron chi connectivity index (χ2n) is 5.60. The molecule has 2 amide bonds. The second kappa shape index (κ2) is 7.28. The van der Waals surface area contributed by atoms with E-state index < -0.39 is 12.0 Å². The monoisotopic (exact) mass is 376 g/mol. The first-order valence-corrected chi connectivity index (χ1v) is 9.37. The Balaban J connectivity index is 1.79. The number of carbonyl (C=O) groups is 3. The van der Waals surface area contributed by atoms with Gasteiger partial charge in [-0.15, -0.1) is 23.1 Å². The molecule has 1 aromatic carbocycles. The van der Waals surface area contributed by atoms with Crippen LogP contribution in [-0.4, -0.2) is 28.1 Å². The molecule has 1 aromatic heterocycles. The lowest BCUT2D eigenvalue weighted by Crippen LogP contribution is -2.30. The van der Waals surface area contributed by atoms with E-state index in [0.717, 1.165) is 9.77 Å². The van der Waals surface area contributed by atoms with Crippen LogP contribution in [0, 0.1) is 0 Å². The Kier molecular flexibility index (Phi) is 5.10. The molecule has 8 heteroatoms. The molecule has 6 nitrogen and oxygen atoms in total. The van der Waals surface area contributed by atoms with Gasteiger partial charge < -0.3 is 15.7 Å². The molecule has 0 unspecified atom stereocenters. The van der Waals surface area contributed by atoms with Crippen molar-refractivity contribution in [2.45, 2.75) is 29.5 Å². The molecule has 0 aliphatic carbocycles. The number of carboxylic acid groups (broad SMARTS) is 1. The number of fused-ring (bicyclic) bond motifs is 1. The number of thiophene rings is 1. The van der Waals surface area contributed by atoms with Crippen LogP contribution < -0.4 is 10.6 Å². The molecule has 1 aliphatic heterocycles. The van der Waals surface area contributed by atoms with Gasteiger partial charge in [-0.2, -0.15) is 0 Å². The summed E-state index contributed by atoms with van der Waals surface area (Å²) in [5.74, 6) is -1.46. The van der Waals surface area contributed by atoms with Crippen LogP contribution in [0.2, 0.25) is 0 Å². The predicted molar refractivity (Wildman–Crippen MR) is 97.2 cm³/mol. The van der Waals surface area contributed by atoms with Crippen LogP contribution in [0.5, 0.6) is 0 Å². The maximum absolute atomic E-state index is 12.5. The summed E-state index contributed by atoms with van der Waals surface area (Å²) in [7, 11) is 0. The summed E-state index contributed by atoms with van der Waals surface area (Å²) in [4.78, 5) is 37.1. The largest absolute Gasteiger partial charge is 0.481 e. The molecule has 1 aliphatic rings. The Hall–Kier alpha value is -2.32. The lowest BCUT2D eigenvalue weighted by atomic mass is 10.1. The summed E-state index contributed by atoms with van der Waals surface area (Å²) in [6.45, 7) is 1.82. The quantitative estimate of drug-likeness (QED) is 0.745. The van der Waals surface area contributed by atoms with E-state index in [1.54, 1.807) is 24.3 Å². The van der Waals surface area contributed by atoms with Crippen LogP contribution in [0.25, 0.3) is 0 Å². The summed E-state index contributed by atoms with van der Waals surface area (Å²) in [6.07, 6.45) is -0.193. The van der Waals surface area contributed by atoms with E-state index in [1.807, 2.05) is 18.4 Å². The molecule has 0 bridgehead atoms. The zero-order chi connectivity index (χ0) is 18.0. The van der Waals surface area contributed by atoms with Gasteiger partial charge in [0.1, 0.15) is 0 Å². The summed E-state index contributed by atoms with van der Waals surface area (Å²) < 4.78 is 0. The number of amides is 2. The molecule has 0 saturated heterocycles. The molecule has 130 valence electrons. The van der Waals surface area contributed by atoms with Crippen LogP contribution >= 0.6 is 23.1 Å². The van der Waals surface area contributed by atoms with Gasteiger partial charge in [0.15, 0.2) is 0 Å². The van der Waals surface area contributed by atoms with Crippen molar-refractivity contribution in [1.82, 2.24) is 5.32 Å². The number of benzene rings is 1. The number of carboxylic acids is 1. The highest BCUT2D eigenvalue weighted by Gasteiger charge is 2.25. The Bertz CT molecular complexity index is 820. The minimum atomic E-state index is -0.984. The van der Waals surface area contributed by atoms with Crippen molar-refractivity contribution in [3.05, 3.63) is 46.2 Å². The molecule has 2 heterocycles. The van der Waals surface area contributed by atoms with Crippen molar-refractivity contribution >= 4 is 46.6 Å². The first-order valence-electron chi connectivity index (χ1n) is 7.61. The molecule has 3 rings (SSSR count). The lowest BCUT2D eigenvalue weighted by Gasteiger charge is -2.22. The number of rotatable bonds is 5. The number of aliphatic carboxylic acids is 1. The van der Waals surface area contributed by atoms with E-state index >= 15 is 0 Å². The van der Waals surface area contributed by atoms with Crippen LogP contribution in [0.4, 0.5) is 5.69 Å². The summed E-state index contributed by atoms with van der Waals surface area (Å²) >= 11 is 2.84. The average molecular weight is 376 g/mol. The average Bonchev–Trinajstić information content (AvgIpc) is 3.09. The standard InChI is InChI=1S/C17H16N2O4S2/c1-9-16(22)18-11-7-10(4-5-14(11)25-9)17(23)19-12(8-15(20)21)13-3-2-6-24-13/h2-7,9,12H,8H2,1H3,(H,18,22)(H,19,23)(H,20,21)/t9-,12-/m0/s1. The zero-order valence-corrected chi connectivity index (χ0v) is 14.9. The predicted octanol–water partition coefficient (Wildman–Crippen LogP) is 3.13. The number of thioether (sulfide) groups is 1. The number of carbonyl (C=O) groups excluding carboxylic acids is 2. The second-order valence-corrected chi connectivity index (χ2v) is 7.96. The molecule has 0 saturated carbocycles. The van der Waals surface area contributed by atoms with E-state index in [-0.39, 0.29) is 23.5 Å². The van der Waals surface area contributed by atoms with Gasteiger partial charge in [-0.1, -0.05) is 6.07 Å². The van der Waals surface area contributed by atoms with Gasteiger partial charge in [-0.05, 0) is 36.6 Å². The van der Waals surface area contributed by atoms with Gasteiger partial charge in [0.25, 0.3) is 5.91 Å². The topological polar surface area (TPSA) is 95.5 Å². The summed E-state index contributed by atoms with van der Waals surface area (Å²) in [5, 5.41) is 16.3. The number of hydrogen-bond acceptors (Lipinski definition) is 5. The lowest BCUT2D eigenvalue weighted by molar-refractivity contribution is -0.137. The minimum Gasteiger partial charge on any atom is -0.481 e.